The number of amides is 1. The molecule has 0 unspecified atom stereocenters. The zero-order valence-electron chi connectivity index (χ0n) is 24.5. The van der Waals surface area contributed by atoms with Gasteiger partial charge in [-0.15, -0.1) is 0 Å². The number of nitrogens with zero attached hydrogens (tertiary/aromatic N) is 4. The molecule has 8 nitrogen and oxygen atoms in total. The number of ether oxygens (including phenoxy) is 2. The van der Waals surface area contributed by atoms with Crippen molar-refractivity contribution in [2.24, 2.45) is 5.92 Å². The number of carbonyl (C=O) groups excluding carboxylic acids is 2. The number of benzene rings is 2. The van der Waals surface area contributed by atoms with Crippen LogP contribution in [0.4, 0.5) is 11.5 Å². The average Bonchev–Trinajstić information content (AvgIpc) is 3.04. The second-order valence-corrected chi connectivity index (χ2v) is 11.8. The predicted octanol–water partition coefficient (Wildman–Crippen LogP) is 5.58. The number of esters is 1. The van der Waals surface area contributed by atoms with Gasteiger partial charge in [-0.1, -0.05) is 55.7 Å². The molecule has 3 aromatic rings. The van der Waals surface area contributed by atoms with E-state index in [2.05, 4.69) is 57.2 Å². The van der Waals surface area contributed by atoms with Crippen molar-refractivity contribution in [1.82, 2.24) is 9.88 Å². The van der Waals surface area contributed by atoms with Gasteiger partial charge in [0.25, 0.3) is 0 Å². The highest BCUT2D eigenvalue weighted by Crippen LogP contribution is 2.30. The molecule has 2 fully saturated rings. The highest BCUT2D eigenvalue weighted by Gasteiger charge is 2.29. The molecule has 8 heteroatoms. The Kier molecular flexibility index (Phi) is 9.18. The number of aryl methyl sites for hydroxylation is 1. The zero-order chi connectivity index (χ0) is 28.7. The number of pyridine rings is 1. The van der Waals surface area contributed by atoms with Gasteiger partial charge in [0.1, 0.15) is 5.82 Å². The summed E-state index contributed by atoms with van der Waals surface area (Å²) in [5.74, 6) is 0.759. The standard InChI is InChI=1S/C34H42N4O4/c39-32-18-16-27-15-17-31(35-33(27)38(32)25-42-34(40)28-10-2-1-3-11-28)41-24-7-6-19-36-20-22-37(23-21-36)30-14-8-12-26-9-4-5-13-29(26)30/h4-5,8-9,12-15,17,28H,1-3,6-7,10-11,16,18-25H2. The maximum absolute atomic E-state index is 12.7. The summed E-state index contributed by atoms with van der Waals surface area (Å²) in [6.45, 7) is 5.75. The summed E-state index contributed by atoms with van der Waals surface area (Å²) in [6, 6.07) is 19.1. The first-order valence-electron chi connectivity index (χ1n) is 15.7. The van der Waals surface area contributed by atoms with Crippen molar-refractivity contribution < 1.29 is 19.1 Å². The molecule has 1 saturated heterocycles. The number of hydrogen-bond donors (Lipinski definition) is 0. The van der Waals surface area contributed by atoms with Crippen LogP contribution in [0.15, 0.2) is 54.6 Å². The van der Waals surface area contributed by atoms with Crippen molar-refractivity contribution >= 4 is 34.2 Å². The molecule has 0 N–H and O–H groups in total. The van der Waals surface area contributed by atoms with Gasteiger partial charge in [0.15, 0.2) is 6.73 Å². The minimum Gasteiger partial charge on any atom is -0.478 e. The van der Waals surface area contributed by atoms with Crippen LogP contribution in [0, 0.1) is 5.92 Å². The predicted molar refractivity (Wildman–Crippen MR) is 165 cm³/mol. The smallest absolute Gasteiger partial charge is 0.310 e. The Bertz CT molecular complexity index is 1380. The SMILES string of the molecule is O=C(OCN1C(=O)CCc2ccc(OCCCCN3CCN(c4cccc5ccccc45)CC3)nc21)C1CCCCC1. The summed E-state index contributed by atoms with van der Waals surface area (Å²) in [5.41, 5.74) is 2.32. The van der Waals surface area contributed by atoms with Gasteiger partial charge in [-0.3, -0.25) is 19.4 Å². The molecule has 0 radical (unpaired) electrons. The summed E-state index contributed by atoms with van der Waals surface area (Å²) in [5, 5.41) is 2.62. The van der Waals surface area contributed by atoms with E-state index in [9.17, 15) is 9.59 Å². The largest absolute Gasteiger partial charge is 0.478 e. The molecular weight excluding hydrogens is 528 g/mol. The number of rotatable bonds is 10. The third kappa shape index (κ3) is 6.70. The first kappa shape index (κ1) is 28.5. The van der Waals surface area contributed by atoms with Crippen LogP contribution in [-0.2, 0) is 20.7 Å². The van der Waals surface area contributed by atoms with E-state index in [-0.39, 0.29) is 24.5 Å². The topological polar surface area (TPSA) is 75.2 Å². The van der Waals surface area contributed by atoms with Gasteiger partial charge in [-0.05, 0) is 61.7 Å². The Labute approximate surface area is 248 Å². The van der Waals surface area contributed by atoms with Crippen LogP contribution in [0.5, 0.6) is 5.88 Å². The lowest BCUT2D eigenvalue weighted by molar-refractivity contribution is -0.150. The third-order valence-corrected chi connectivity index (χ3v) is 8.97. The minimum atomic E-state index is -0.197. The maximum atomic E-state index is 12.7. The van der Waals surface area contributed by atoms with Crippen molar-refractivity contribution in [1.29, 1.82) is 0 Å². The molecule has 1 amide bonds. The molecule has 3 heterocycles. The van der Waals surface area contributed by atoms with E-state index in [4.69, 9.17) is 9.47 Å². The fraction of sp³-hybridized carbons (Fsp3) is 0.500. The van der Waals surface area contributed by atoms with Gasteiger partial charge in [-0.2, -0.15) is 4.98 Å². The number of anilines is 2. The van der Waals surface area contributed by atoms with E-state index in [1.54, 1.807) is 0 Å². The van der Waals surface area contributed by atoms with Crippen LogP contribution in [0.25, 0.3) is 10.8 Å². The van der Waals surface area contributed by atoms with Crippen LogP contribution in [0.1, 0.15) is 56.9 Å². The number of fused-ring (bicyclic) bond motifs is 2. The van der Waals surface area contributed by atoms with Crippen molar-refractivity contribution in [3.05, 3.63) is 60.2 Å². The molecule has 3 aliphatic rings. The molecule has 0 atom stereocenters. The third-order valence-electron chi connectivity index (χ3n) is 8.97. The molecule has 1 saturated carbocycles. The lowest BCUT2D eigenvalue weighted by Crippen LogP contribution is -2.46. The Morgan fingerprint density at radius 2 is 1.69 bits per heavy atom. The van der Waals surface area contributed by atoms with Gasteiger partial charge in [0.2, 0.25) is 11.8 Å². The molecule has 0 spiro atoms. The van der Waals surface area contributed by atoms with Gasteiger partial charge in [0, 0.05) is 49.7 Å². The Morgan fingerprint density at radius 1 is 0.881 bits per heavy atom. The van der Waals surface area contributed by atoms with E-state index in [0.29, 0.717) is 31.1 Å². The number of carbonyl (C=O) groups is 2. The van der Waals surface area contributed by atoms with Crippen LogP contribution in [-0.4, -0.2) is 67.8 Å². The maximum Gasteiger partial charge on any atom is 0.310 e. The van der Waals surface area contributed by atoms with E-state index in [0.717, 1.165) is 76.8 Å². The van der Waals surface area contributed by atoms with Gasteiger partial charge < -0.3 is 14.4 Å². The quantitative estimate of drug-likeness (QED) is 0.233. The van der Waals surface area contributed by atoms with Gasteiger partial charge in [0.05, 0.1) is 12.5 Å². The molecule has 42 heavy (non-hydrogen) atoms. The second kappa shape index (κ2) is 13.6. The summed E-state index contributed by atoms with van der Waals surface area (Å²) >= 11 is 0. The number of unbranched alkanes of at least 4 members (excludes halogenated alkanes) is 1. The molecule has 1 aliphatic carbocycles. The average molecular weight is 571 g/mol. The summed E-state index contributed by atoms with van der Waals surface area (Å²) in [4.78, 5) is 36.5. The lowest BCUT2D eigenvalue weighted by atomic mass is 9.89. The molecule has 2 aromatic carbocycles. The second-order valence-electron chi connectivity index (χ2n) is 11.8. The molecular formula is C34H42N4O4. The molecule has 6 rings (SSSR count). The molecule has 1 aromatic heterocycles. The van der Waals surface area contributed by atoms with Gasteiger partial charge >= 0.3 is 5.97 Å². The normalized spacial score (nSPS) is 18.2. The summed E-state index contributed by atoms with van der Waals surface area (Å²) < 4.78 is 11.6. The van der Waals surface area contributed by atoms with Crippen LogP contribution < -0.4 is 14.5 Å². The first-order chi connectivity index (χ1) is 20.7. The zero-order valence-corrected chi connectivity index (χ0v) is 24.5. The van der Waals surface area contributed by atoms with Crippen LogP contribution in [0.3, 0.4) is 0 Å². The highest BCUT2D eigenvalue weighted by molar-refractivity contribution is 5.95. The number of piperazine rings is 1. The van der Waals surface area contributed by atoms with Crippen molar-refractivity contribution in [3.63, 3.8) is 0 Å². The molecule has 2 aliphatic heterocycles. The van der Waals surface area contributed by atoms with Crippen molar-refractivity contribution in [2.45, 2.75) is 57.8 Å². The van der Waals surface area contributed by atoms with E-state index >= 15 is 0 Å². The van der Waals surface area contributed by atoms with Gasteiger partial charge in [-0.25, -0.2) is 0 Å². The first-order valence-corrected chi connectivity index (χ1v) is 15.7. The Balaban J connectivity index is 0.944. The van der Waals surface area contributed by atoms with Crippen molar-refractivity contribution in [3.8, 4) is 5.88 Å². The fourth-order valence-electron chi connectivity index (χ4n) is 6.49. The minimum absolute atomic E-state index is 0.0474. The van der Waals surface area contributed by atoms with E-state index < -0.39 is 0 Å². The van der Waals surface area contributed by atoms with Crippen LogP contribution >= 0.6 is 0 Å². The molecule has 0 bridgehead atoms. The number of aromatic nitrogens is 1. The molecule has 222 valence electrons. The van der Waals surface area contributed by atoms with Crippen LogP contribution in [0.2, 0.25) is 0 Å². The number of hydrogen-bond acceptors (Lipinski definition) is 7. The van der Waals surface area contributed by atoms with Crippen molar-refractivity contribution in [2.75, 3.05) is 55.9 Å². The van der Waals surface area contributed by atoms with E-state index in [1.807, 2.05) is 12.1 Å². The summed E-state index contributed by atoms with van der Waals surface area (Å²) in [6.07, 6.45) is 8.09. The Morgan fingerprint density at radius 3 is 2.55 bits per heavy atom. The monoisotopic (exact) mass is 570 g/mol. The fourth-order valence-corrected chi connectivity index (χ4v) is 6.49. The Hall–Kier alpha value is -3.65. The summed E-state index contributed by atoms with van der Waals surface area (Å²) in [7, 11) is 0. The lowest BCUT2D eigenvalue weighted by Gasteiger charge is -2.36. The van der Waals surface area contributed by atoms with E-state index in [1.165, 1.54) is 27.8 Å². The highest BCUT2D eigenvalue weighted by atomic mass is 16.5.